The predicted octanol–water partition coefficient (Wildman–Crippen LogP) is 3.18. The van der Waals surface area contributed by atoms with E-state index in [-0.39, 0.29) is 46.5 Å². The number of carboxylic acid groups (broad SMARTS) is 1. The van der Waals surface area contributed by atoms with Crippen LogP contribution in [0.2, 0.25) is 0 Å². The highest BCUT2D eigenvalue weighted by Gasteiger charge is 2.73. The molecule has 4 aliphatic rings. The van der Waals surface area contributed by atoms with E-state index in [1.54, 1.807) is 24.3 Å². The highest BCUT2D eigenvalue weighted by Crippen LogP contribution is 2.73. The van der Waals surface area contributed by atoms with Crippen LogP contribution in [-0.4, -0.2) is 34.1 Å². The number of carbonyl (C=O) groups excluding carboxylic acids is 2. The second-order valence-electron chi connectivity index (χ2n) is 8.54. The lowest BCUT2D eigenvalue weighted by Gasteiger charge is -2.18. The summed E-state index contributed by atoms with van der Waals surface area (Å²) in [5.74, 6) is -0.650. The van der Waals surface area contributed by atoms with Crippen molar-refractivity contribution in [3.05, 3.63) is 59.9 Å². The number of carbonyl (C=O) groups is 3. The summed E-state index contributed by atoms with van der Waals surface area (Å²) in [7, 11) is 0. The largest absolute Gasteiger partial charge is 0.478 e. The maximum Gasteiger partial charge on any atom is 0.335 e. The smallest absolute Gasteiger partial charge is 0.335 e. The lowest BCUT2D eigenvalue weighted by atomic mass is 9.85. The summed E-state index contributed by atoms with van der Waals surface area (Å²) in [6, 6.07) is 9.76. The molecule has 2 amide bonds. The molecular weight excluding hydrogens is 384 g/mol. The van der Waals surface area contributed by atoms with Gasteiger partial charge in [-0.2, -0.15) is 10.1 Å². The van der Waals surface area contributed by atoms with Gasteiger partial charge in [0.2, 0.25) is 0 Å². The molecule has 1 N–H and O–H groups in total. The first-order chi connectivity index (χ1) is 14.5. The second kappa shape index (κ2) is 5.78. The molecule has 2 aromatic rings. The van der Waals surface area contributed by atoms with Crippen LogP contribution in [0.25, 0.3) is 11.3 Å². The Morgan fingerprint density at radius 3 is 2.23 bits per heavy atom. The standard InChI is InChI=1S/C23H18N2O5/c26-20-18-15-6-7-16(23(15)9-10-23)19(18)21(27)25(20)24-11-14-5-8-17(30-14)12-1-3-13(4-2-12)22(28)29/h1-8,11,15-16,18-19H,9-10H2,(H,28,29). The van der Waals surface area contributed by atoms with E-state index in [2.05, 4.69) is 17.3 Å². The molecule has 30 heavy (non-hydrogen) atoms. The highest BCUT2D eigenvalue weighted by atomic mass is 16.4. The number of furan rings is 1. The van der Waals surface area contributed by atoms with E-state index < -0.39 is 5.97 Å². The monoisotopic (exact) mass is 402 g/mol. The molecule has 1 aliphatic heterocycles. The van der Waals surface area contributed by atoms with Crippen molar-refractivity contribution in [2.24, 2.45) is 34.2 Å². The number of imide groups is 1. The van der Waals surface area contributed by atoms with Gasteiger partial charge in [0.05, 0.1) is 23.6 Å². The fourth-order valence-corrected chi connectivity index (χ4v) is 5.65. The maximum absolute atomic E-state index is 12.9. The van der Waals surface area contributed by atoms with E-state index in [0.717, 1.165) is 23.4 Å². The second-order valence-corrected chi connectivity index (χ2v) is 8.54. The molecule has 0 radical (unpaired) electrons. The molecule has 6 rings (SSSR count). The first-order valence-electron chi connectivity index (χ1n) is 10.0. The van der Waals surface area contributed by atoms with Crippen LogP contribution >= 0.6 is 0 Å². The minimum atomic E-state index is -0.991. The molecule has 1 aromatic heterocycles. The number of hydrogen-bond donors (Lipinski definition) is 1. The third kappa shape index (κ3) is 2.20. The third-order valence-corrected chi connectivity index (χ3v) is 7.17. The quantitative estimate of drug-likeness (QED) is 0.481. The van der Waals surface area contributed by atoms with Gasteiger partial charge in [-0.15, -0.1) is 0 Å². The Hall–Kier alpha value is -3.48. The lowest BCUT2D eigenvalue weighted by Crippen LogP contribution is -2.30. The molecule has 2 bridgehead atoms. The number of fused-ring (bicyclic) bond motifs is 3. The first-order valence-corrected chi connectivity index (χ1v) is 10.0. The van der Waals surface area contributed by atoms with Crippen LogP contribution in [0.15, 0.2) is 58.1 Å². The number of amides is 2. The van der Waals surface area contributed by atoms with Crippen LogP contribution in [0.5, 0.6) is 0 Å². The van der Waals surface area contributed by atoms with Crippen molar-refractivity contribution in [3.8, 4) is 11.3 Å². The normalized spacial score (nSPS) is 30.1. The van der Waals surface area contributed by atoms with Gasteiger partial charge in [-0.05, 0) is 54.4 Å². The van der Waals surface area contributed by atoms with Crippen molar-refractivity contribution >= 4 is 24.0 Å². The number of rotatable bonds is 4. The SMILES string of the molecule is O=C(O)c1ccc(-c2ccc(C=NN3C(=O)C4C(C3=O)C3C=CC4C34CC4)o2)cc1. The molecule has 1 spiro atoms. The van der Waals surface area contributed by atoms with Gasteiger partial charge in [-0.3, -0.25) is 9.59 Å². The summed E-state index contributed by atoms with van der Waals surface area (Å²) in [4.78, 5) is 36.8. The molecule has 3 aliphatic carbocycles. The minimum absolute atomic E-state index is 0.169. The van der Waals surface area contributed by atoms with Crippen molar-refractivity contribution in [2.75, 3.05) is 0 Å². The summed E-state index contributed by atoms with van der Waals surface area (Å²) >= 11 is 0. The van der Waals surface area contributed by atoms with Crippen LogP contribution < -0.4 is 0 Å². The molecular formula is C23H18N2O5. The van der Waals surface area contributed by atoms with E-state index in [1.807, 2.05) is 0 Å². The van der Waals surface area contributed by atoms with Gasteiger partial charge in [0, 0.05) is 5.56 Å². The maximum atomic E-state index is 12.9. The van der Waals surface area contributed by atoms with Crippen LogP contribution in [0.1, 0.15) is 29.0 Å². The Bertz CT molecular complexity index is 1120. The van der Waals surface area contributed by atoms with Crippen molar-refractivity contribution in [1.29, 1.82) is 0 Å². The molecule has 2 saturated carbocycles. The van der Waals surface area contributed by atoms with Crippen LogP contribution in [0, 0.1) is 29.1 Å². The molecule has 7 heteroatoms. The van der Waals surface area contributed by atoms with Gasteiger partial charge < -0.3 is 9.52 Å². The third-order valence-electron chi connectivity index (χ3n) is 7.17. The van der Waals surface area contributed by atoms with Crippen molar-refractivity contribution in [3.63, 3.8) is 0 Å². The van der Waals surface area contributed by atoms with E-state index >= 15 is 0 Å². The van der Waals surface area contributed by atoms with Gasteiger partial charge in [0.15, 0.2) is 0 Å². The van der Waals surface area contributed by atoms with Gasteiger partial charge in [-0.25, -0.2) is 4.79 Å². The van der Waals surface area contributed by atoms with E-state index in [4.69, 9.17) is 9.52 Å². The average Bonchev–Trinajstić information content (AvgIpc) is 3.03. The average molecular weight is 402 g/mol. The topological polar surface area (TPSA) is 100 Å². The molecule has 7 nitrogen and oxygen atoms in total. The van der Waals surface area contributed by atoms with Gasteiger partial charge in [-0.1, -0.05) is 24.3 Å². The lowest BCUT2D eigenvalue weighted by molar-refractivity contribution is -0.141. The minimum Gasteiger partial charge on any atom is -0.478 e. The predicted molar refractivity (Wildman–Crippen MR) is 105 cm³/mol. The Balaban J connectivity index is 1.21. The molecule has 3 fully saturated rings. The Labute approximate surface area is 171 Å². The number of aromatic carboxylic acids is 1. The molecule has 4 unspecified atom stereocenters. The van der Waals surface area contributed by atoms with E-state index in [1.165, 1.54) is 18.3 Å². The summed E-state index contributed by atoms with van der Waals surface area (Å²) < 4.78 is 5.73. The number of benzene rings is 1. The Morgan fingerprint density at radius 2 is 1.67 bits per heavy atom. The zero-order valence-corrected chi connectivity index (χ0v) is 15.9. The first kappa shape index (κ1) is 17.4. The summed E-state index contributed by atoms with van der Waals surface area (Å²) in [5, 5.41) is 14.2. The van der Waals surface area contributed by atoms with Crippen molar-refractivity contribution in [2.45, 2.75) is 12.8 Å². The number of hydrazone groups is 1. The zero-order valence-electron chi connectivity index (χ0n) is 15.9. The number of allylic oxidation sites excluding steroid dienone is 2. The summed E-state index contributed by atoms with van der Waals surface area (Å²) in [5.41, 5.74) is 1.09. The highest BCUT2D eigenvalue weighted by molar-refractivity contribution is 6.07. The Kier molecular flexibility index (Phi) is 3.35. The number of carboxylic acids is 1. The number of nitrogens with zero attached hydrogens (tertiary/aromatic N) is 2. The summed E-state index contributed by atoms with van der Waals surface area (Å²) in [6.07, 6.45) is 7.86. The van der Waals surface area contributed by atoms with Gasteiger partial charge in [0.25, 0.3) is 11.8 Å². The molecule has 1 aromatic carbocycles. The molecule has 4 atom stereocenters. The van der Waals surface area contributed by atoms with Crippen LogP contribution in [-0.2, 0) is 9.59 Å². The summed E-state index contributed by atoms with van der Waals surface area (Å²) in [6.45, 7) is 0. The molecule has 2 heterocycles. The van der Waals surface area contributed by atoms with E-state index in [0.29, 0.717) is 11.5 Å². The zero-order chi connectivity index (χ0) is 20.6. The molecule has 150 valence electrons. The Morgan fingerprint density at radius 1 is 1.03 bits per heavy atom. The van der Waals surface area contributed by atoms with Gasteiger partial charge >= 0.3 is 5.97 Å². The van der Waals surface area contributed by atoms with E-state index in [9.17, 15) is 14.4 Å². The van der Waals surface area contributed by atoms with Crippen LogP contribution in [0.3, 0.4) is 0 Å². The number of hydrogen-bond acceptors (Lipinski definition) is 5. The fraction of sp³-hybridized carbons (Fsp3) is 0.304. The van der Waals surface area contributed by atoms with Crippen LogP contribution in [0.4, 0.5) is 0 Å². The van der Waals surface area contributed by atoms with Gasteiger partial charge in [0.1, 0.15) is 11.5 Å². The molecule has 1 saturated heterocycles. The fourth-order valence-electron chi connectivity index (χ4n) is 5.65. The van der Waals surface area contributed by atoms with Crippen molar-refractivity contribution in [1.82, 2.24) is 5.01 Å². The van der Waals surface area contributed by atoms with Crippen molar-refractivity contribution < 1.29 is 23.9 Å².